The van der Waals surface area contributed by atoms with E-state index in [0.29, 0.717) is 16.8 Å². The summed E-state index contributed by atoms with van der Waals surface area (Å²) in [5, 5.41) is 16.4. The molecule has 3 rings (SSSR count). The zero-order chi connectivity index (χ0) is 22.4. The first-order valence-corrected chi connectivity index (χ1v) is 10.0. The molecule has 31 heavy (non-hydrogen) atoms. The number of amides is 2. The summed E-state index contributed by atoms with van der Waals surface area (Å²) >= 11 is 3.33. The number of non-ortho nitro benzene ring substituents is 1. The summed E-state index contributed by atoms with van der Waals surface area (Å²) in [6.45, 7) is 1.90. The molecule has 0 aromatic heterocycles. The van der Waals surface area contributed by atoms with E-state index >= 15 is 0 Å². The van der Waals surface area contributed by atoms with Crippen molar-refractivity contribution in [3.05, 3.63) is 110 Å². The third kappa shape index (κ3) is 6.10. The van der Waals surface area contributed by atoms with Crippen molar-refractivity contribution < 1.29 is 14.5 Å². The number of hydrogen-bond acceptors (Lipinski definition) is 4. The zero-order valence-corrected chi connectivity index (χ0v) is 18.0. The minimum atomic E-state index is -0.561. The number of halogens is 1. The van der Waals surface area contributed by atoms with Gasteiger partial charge < -0.3 is 10.6 Å². The van der Waals surface area contributed by atoms with Crippen LogP contribution < -0.4 is 10.6 Å². The summed E-state index contributed by atoms with van der Waals surface area (Å²) in [6.07, 6.45) is 1.40. The van der Waals surface area contributed by atoms with Gasteiger partial charge in [-0.3, -0.25) is 19.7 Å². The van der Waals surface area contributed by atoms with Crippen molar-refractivity contribution in [3.63, 3.8) is 0 Å². The average molecular weight is 480 g/mol. The number of hydrogen-bond donors (Lipinski definition) is 2. The van der Waals surface area contributed by atoms with Crippen molar-refractivity contribution in [2.24, 2.45) is 0 Å². The van der Waals surface area contributed by atoms with Gasteiger partial charge in [0.25, 0.3) is 17.5 Å². The largest absolute Gasteiger partial charge is 0.321 e. The van der Waals surface area contributed by atoms with E-state index in [2.05, 4.69) is 26.6 Å². The first-order valence-electron chi connectivity index (χ1n) is 9.23. The van der Waals surface area contributed by atoms with Crippen LogP contribution in [0.25, 0.3) is 6.08 Å². The van der Waals surface area contributed by atoms with Crippen LogP contribution in [0, 0.1) is 17.0 Å². The van der Waals surface area contributed by atoms with Crippen molar-refractivity contribution in [3.8, 4) is 0 Å². The van der Waals surface area contributed by atoms with Crippen LogP contribution in [0.2, 0.25) is 0 Å². The number of aryl methyl sites for hydroxylation is 1. The van der Waals surface area contributed by atoms with Gasteiger partial charge in [-0.25, -0.2) is 0 Å². The minimum Gasteiger partial charge on any atom is -0.321 e. The zero-order valence-electron chi connectivity index (χ0n) is 16.5. The number of nitrogens with zero attached hydrogens (tertiary/aromatic N) is 1. The Bertz CT molecular complexity index is 1160. The molecule has 8 heteroatoms. The predicted molar refractivity (Wildman–Crippen MR) is 122 cm³/mol. The van der Waals surface area contributed by atoms with E-state index in [9.17, 15) is 19.7 Å². The standard InChI is InChI=1S/C23H18BrN3O4/c1-15-5-7-17(8-6-15)22(28)26-21(14-16-3-2-4-20(13-16)27(30)31)23(29)25-19-11-9-18(24)10-12-19/h2-14H,1H3,(H,25,29)(H,26,28)/b21-14-. The van der Waals surface area contributed by atoms with E-state index in [1.54, 1.807) is 54.6 Å². The maximum absolute atomic E-state index is 12.9. The lowest BCUT2D eigenvalue weighted by Gasteiger charge is -2.12. The molecule has 3 aromatic rings. The van der Waals surface area contributed by atoms with Crippen molar-refractivity contribution in [2.45, 2.75) is 6.92 Å². The molecule has 0 fully saturated rings. The molecule has 7 nitrogen and oxygen atoms in total. The molecule has 0 spiro atoms. The third-order valence-corrected chi connectivity index (χ3v) is 4.83. The maximum atomic E-state index is 12.9. The van der Waals surface area contributed by atoms with Crippen LogP contribution in [0.1, 0.15) is 21.5 Å². The topological polar surface area (TPSA) is 101 Å². The highest BCUT2D eigenvalue weighted by Gasteiger charge is 2.16. The molecule has 0 atom stereocenters. The van der Waals surface area contributed by atoms with E-state index in [0.717, 1.165) is 10.0 Å². The molecule has 156 valence electrons. The van der Waals surface area contributed by atoms with E-state index in [-0.39, 0.29) is 11.4 Å². The fraction of sp³-hybridized carbons (Fsp3) is 0.0435. The van der Waals surface area contributed by atoms with Crippen molar-refractivity contribution >= 4 is 45.2 Å². The quantitative estimate of drug-likeness (QED) is 0.292. The molecule has 0 aliphatic carbocycles. The lowest BCUT2D eigenvalue weighted by Crippen LogP contribution is -2.30. The second-order valence-electron chi connectivity index (χ2n) is 6.69. The van der Waals surface area contributed by atoms with Crippen LogP contribution in [0.3, 0.4) is 0 Å². The van der Waals surface area contributed by atoms with Gasteiger partial charge in [0.15, 0.2) is 0 Å². The van der Waals surface area contributed by atoms with Crippen molar-refractivity contribution in [2.75, 3.05) is 5.32 Å². The van der Waals surface area contributed by atoms with Crippen LogP contribution in [-0.4, -0.2) is 16.7 Å². The number of carbonyl (C=O) groups is 2. The van der Waals surface area contributed by atoms with E-state index < -0.39 is 16.7 Å². The SMILES string of the molecule is Cc1ccc(C(=O)N/C(=C\c2cccc([N+](=O)[O-])c2)C(=O)Nc2ccc(Br)cc2)cc1. The highest BCUT2D eigenvalue weighted by molar-refractivity contribution is 9.10. The Morgan fingerprint density at radius 3 is 2.32 bits per heavy atom. The van der Waals surface area contributed by atoms with E-state index in [1.165, 1.54) is 24.3 Å². The molecular formula is C23H18BrN3O4. The molecule has 0 aliphatic heterocycles. The summed E-state index contributed by atoms with van der Waals surface area (Å²) in [5.41, 5.74) is 2.14. The number of carbonyl (C=O) groups excluding carboxylic acids is 2. The number of rotatable bonds is 6. The van der Waals surface area contributed by atoms with Crippen LogP contribution in [0.15, 0.2) is 83.0 Å². The van der Waals surface area contributed by atoms with Gasteiger partial charge in [-0.05, 0) is 55.0 Å². The van der Waals surface area contributed by atoms with E-state index in [1.807, 2.05) is 6.92 Å². The fourth-order valence-corrected chi connectivity index (χ4v) is 2.95. The summed E-state index contributed by atoms with van der Waals surface area (Å²) in [7, 11) is 0. The number of nitro benzene ring substituents is 1. The Morgan fingerprint density at radius 2 is 1.68 bits per heavy atom. The van der Waals surface area contributed by atoms with Gasteiger partial charge in [0.2, 0.25) is 0 Å². The summed E-state index contributed by atoms with van der Waals surface area (Å²) in [6, 6.07) is 19.6. The molecule has 0 saturated carbocycles. The Kier molecular flexibility index (Phi) is 6.94. The Labute approximate surface area is 187 Å². The second-order valence-corrected chi connectivity index (χ2v) is 7.61. The number of nitrogens with one attached hydrogen (secondary N) is 2. The van der Waals surface area contributed by atoms with Crippen molar-refractivity contribution in [1.82, 2.24) is 5.32 Å². The molecule has 0 unspecified atom stereocenters. The second kappa shape index (κ2) is 9.82. The van der Waals surface area contributed by atoms with Gasteiger partial charge >= 0.3 is 0 Å². The van der Waals surface area contributed by atoms with Gasteiger partial charge in [-0.2, -0.15) is 0 Å². The molecule has 0 heterocycles. The van der Waals surface area contributed by atoms with Gasteiger partial charge in [0, 0.05) is 27.9 Å². The van der Waals surface area contributed by atoms with E-state index in [4.69, 9.17) is 0 Å². The van der Waals surface area contributed by atoms with Gasteiger partial charge in [-0.1, -0.05) is 45.8 Å². The number of benzene rings is 3. The van der Waals surface area contributed by atoms with Gasteiger partial charge in [0.1, 0.15) is 5.70 Å². The monoisotopic (exact) mass is 479 g/mol. The Balaban J connectivity index is 1.92. The highest BCUT2D eigenvalue weighted by atomic mass is 79.9. The molecule has 0 bridgehead atoms. The molecule has 0 radical (unpaired) electrons. The van der Waals surface area contributed by atoms with Crippen LogP contribution in [0.4, 0.5) is 11.4 Å². The first-order chi connectivity index (χ1) is 14.8. The normalized spacial score (nSPS) is 11.0. The summed E-state index contributed by atoms with van der Waals surface area (Å²) < 4.78 is 0.852. The van der Waals surface area contributed by atoms with Crippen molar-refractivity contribution in [1.29, 1.82) is 0 Å². The molecule has 2 N–H and O–H groups in total. The lowest BCUT2D eigenvalue weighted by atomic mass is 10.1. The van der Waals surface area contributed by atoms with Crippen LogP contribution in [-0.2, 0) is 4.79 Å². The van der Waals surface area contributed by atoms with Crippen LogP contribution in [0.5, 0.6) is 0 Å². The molecule has 0 aliphatic rings. The maximum Gasteiger partial charge on any atom is 0.272 e. The van der Waals surface area contributed by atoms with Gasteiger partial charge in [-0.15, -0.1) is 0 Å². The average Bonchev–Trinajstić information content (AvgIpc) is 2.75. The molecule has 3 aromatic carbocycles. The predicted octanol–water partition coefficient (Wildman–Crippen LogP) is 5.08. The Morgan fingerprint density at radius 1 is 1.00 bits per heavy atom. The summed E-state index contributed by atoms with van der Waals surface area (Å²) in [5.74, 6) is -1.03. The summed E-state index contributed by atoms with van der Waals surface area (Å²) in [4.78, 5) is 36.1. The smallest absolute Gasteiger partial charge is 0.272 e. The lowest BCUT2D eigenvalue weighted by molar-refractivity contribution is -0.384. The number of nitro groups is 1. The van der Waals surface area contributed by atoms with Crippen LogP contribution >= 0.6 is 15.9 Å². The Hall–Kier alpha value is -3.78. The number of anilines is 1. The minimum absolute atomic E-state index is 0.0472. The highest BCUT2D eigenvalue weighted by Crippen LogP contribution is 2.18. The molecule has 0 saturated heterocycles. The third-order valence-electron chi connectivity index (χ3n) is 4.30. The fourth-order valence-electron chi connectivity index (χ4n) is 2.68. The first kappa shape index (κ1) is 21.9. The van der Waals surface area contributed by atoms with Gasteiger partial charge in [0.05, 0.1) is 4.92 Å². The molecule has 2 amide bonds. The molecular weight excluding hydrogens is 462 g/mol.